The van der Waals surface area contributed by atoms with Crippen LogP contribution in [0.4, 0.5) is 5.69 Å². The van der Waals surface area contributed by atoms with E-state index in [1.807, 2.05) is 19.2 Å². The summed E-state index contributed by atoms with van der Waals surface area (Å²) in [6.07, 6.45) is 0. The molecule has 18 heavy (non-hydrogen) atoms. The lowest BCUT2D eigenvalue weighted by Gasteiger charge is -2.14. The van der Waals surface area contributed by atoms with Crippen molar-refractivity contribution < 1.29 is 4.79 Å². The molecule has 1 fully saturated rings. The van der Waals surface area contributed by atoms with Gasteiger partial charge in [0.1, 0.15) is 9.23 Å². The first-order valence-corrected chi connectivity index (χ1v) is 7.38. The summed E-state index contributed by atoms with van der Waals surface area (Å²) in [6, 6.07) is 8.13. The molecular weight excluding hydrogens is 284 g/mol. The molecule has 2 aliphatic heterocycles. The molecule has 1 saturated heterocycles. The Bertz CT molecular complexity index is 597. The van der Waals surface area contributed by atoms with Crippen molar-refractivity contribution >= 4 is 51.7 Å². The second-order valence-electron chi connectivity index (χ2n) is 4.00. The maximum absolute atomic E-state index is 12.1. The zero-order valence-electron chi connectivity index (χ0n) is 9.84. The molecule has 0 radical (unpaired) electrons. The molecule has 92 valence electrons. The van der Waals surface area contributed by atoms with Crippen molar-refractivity contribution in [2.45, 2.75) is 4.90 Å². The van der Waals surface area contributed by atoms with Gasteiger partial charge in [-0.1, -0.05) is 47.9 Å². The van der Waals surface area contributed by atoms with Crippen LogP contribution in [-0.4, -0.2) is 29.2 Å². The van der Waals surface area contributed by atoms with Gasteiger partial charge in [-0.3, -0.25) is 9.69 Å². The van der Waals surface area contributed by atoms with Crippen molar-refractivity contribution in [3.8, 4) is 0 Å². The van der Waals surface area contributed by atoms with E-state index < -0.39 is 0 Å². The zero-order valence-corrected chi connectivity index (χ0v) is 12.3. The highest BCUT2D eigenvalue weighted by Gasteiger charge is 2.36. The van der Waals surface area contributed by atoms with Gasteiger partial charge in [-0.2, -0.15) is 0 Å². The quantitative estimate of drug-likeness (QED) is 0.541. The Balaban J connectivity index is 2.07. The van der Waals surface area contributed by atoms with Crippen LogP contribution in [-0.2, 0) is 4.79 Å². The van der Waals surface area contributed by atoms with Crippen LogP contribution in [0.5, 0.6) is 0 Å². The van der Waals surface area contributed by atoms with Crippen LogP contribution in [0.2, 0.25) is 0 Å². The summed E-state index contributed by atoms with van der Waals surface area (Å²) in [4.78, 5) is 17.6. The molecule has 0 atom stereocenters. The lowest BCUT2D eigenvalue weighted by atomic mass is 10.3. The zero-order chi connectivity index (χ0) is 12.9. The third-order valence-corrected chi connectivity index (χ3v) is 5.80. The molecule has 0 spiro atoms. The Labute approximate surface area is 119 Å². The highest BCUT2D eigenvalue weighted by atomic mass is 32.2. The van der Waals surface area contributed by atoms with Gasteiger partial charge in [0, 0.05) is 19.0 Å². The second-order valence-corrected chi connectivity index (χ2v) is 6.67. The molecule has 0 bridgehead atoms. The van der Waals surface area contributed by atoms with Gasteiger partial charge in [-0.15, -0.1) is 0 Å². The SMILES string of the molecule is CN1C(=O)C(=C2Sc3ccccc3N2C)SC1=S. The number of anilines is 1. The maximum Gasteiger partial charge on any atom is 0.268 e. The summed E-state index contributed by atoms with van der Waals surface area (Å²) in [5.74, 6) is -0.00726. The molecule has 6 heteroatoms. The van der Waals surface area contributed by atoms with E-state index in [2.05, 4.69) is 17.0 Å². The standard InChI is InChI=1S/C12H10N2OS3/c1-13-7-5-3-4-6-8(7)17-11(13)9-10(15)14(2)12(16)18-9/h3-6H,1-2H3. The Kier molecular flexibility index (Phi) is 2.88. The van der Waals surface area contributed by atoms with Crippen molar-refractivity contribution in [2.75, 3.05) is 19.0 Å². The fourth-order valence-corrected chi connectivity index (χ4v) is 4.38. The highest BCUT2D eigenvalue weighted by molar-refractivity contribution is 8.27. The molecule has 0 aliphatic carbocycles. The van der Waals surface area contributed by atoms with Gasteiger partial charge in [0.15, 0.2) is 0 Å². The predicted octanol–water partition coefficient (Wildman–Crippen LogP) is 2.89. The smallest absolute Gasteiger partial charge is 0.268 e. The van der Waals surface area contributed by atoms with Gasteiger partial charge in [0.25, 0.3) is 5.91 Å². The third-order valence-electron chi connectivity index (χ3n) is 2.89. The topological polar surface area (TPSA) is 23.6 Å². The molecule has 2 heterocycles. The minimum atomic E-state index is -0.00726. The van der Waals surface area contributed by atoms with E-state index >= 15 is 0 Å². The molecule has 2 aliphatic rings. The molecule has 1 amide bonds. The summed E-state index contributed by atoms with van der Waals surface area (Å²) in [5.41, 5.74) is 1.14. The molecule has 0 unspecified atom stereocenters. The molecule has 1 aromatic carbocycles. The van der Waals surface area contributed by atoms with Gasteiger partial charge >= 0.3 is 0 Å². The fourth-order valence-electron chi connectivity index (χ4n) is 1.87. The highest BCUT2D eigenvalue weighted by Crippen LogP contribution is 2.49. The van der Waals surface area contributed by atoms with Crippen LogP contribution < -0.4 is 4.90 Å². The summed E-state index contributed by atoms with van der Waals surface area (Å²) < 4.78 is 0.618. The third kappa shape index (κ3) is 1.67. The molecule has 0 aromatic heterocycles. The first-order chi connectivity index (χ1) is 8.59. The number of thioether (sulfide) groups is 2. The number of nitrogens with zero attached hydrogens (tertiary/aromatic N) is 2. The number of likely N-dealkylation sites (N-methyl/N-ethyl adjacent to an activating group) is 1. The number of hydrogen-bond acceptors (Lipinski definition) is 5. The van der Waals surface area contributed by atoms with E-state index in [0.717, 1.165) is 15.6 Å². The van der Waals surface area contributed by atoms with Crippen LogP contribution in [0.3, 0.4) is 0 Å². The van der Waals surface area contributed by atoms with Gasteiger partial charge in [-0.05, 0) is 12.1 Å². The first kappa shape index (κ1) is 12.1. The Morgan fingerprint density at radius 1 is 1.11 bits per heavy atom. The van der Waals surface area contributed by atoms with Crippen LogP contribution in [0, 0.1) is 0 Å². The van der Waals surface area contributed by atoms with Crippen molar-refractivity contribution in [1.82, 2.24) is 4.90 Å². The van der Waals surface area contributed by atoms with E-state index in [1.54, 1.807) is 18.8 Å². The minimum Gasteiger partial charge on any atom is -0.337 e. The molecule has 0 saturated carbocycles. The van der Waals surface area contributed by atoms with Crippen LogP contribution in [0.25, 0.3) is 0 Å². The number of fused-ring (bicyclic) bond motifs is 1. The molecular formula is C12H10N2OS3. The number of benzene rings is 1. The van der Waals surface area contributed by atoms with Gasteiger partial charge in [0.2, 0.25) is 0 Å². The van der Waals surface area contributed by atoms with Crippen LogP contribution >= 0.6 is 35.7 Å². The van der Waals surface area contributed by atoms with Gasteiger partial charge in [0.05, 0.1) is 10.7 Å². The Hall–Kier alpha value is -0.980. The molecule has 3 nitrogen and oxygen atoms in total. The fraction of sp³-hybridized carbons (Fsp3) is 0.167. The van der Waals surface area contributed by atoms with Crippen LogP contribution in [0.15, 0.2) is 39.1 Å². The van der Waals surface area contributed by atoms with Crippen molar-refractivity contribution in [3.05, 3.63) is 34.2 Å². The lowest BCUT2D eigenvalue weighted by Crippen LogP contribution is -2.23. The van der Waals surface area contributed by atoms with Gasteiger partial charge in [-0.25, -0.2) is 0 Å². The molecule has 0 N–H and O–H groups in total. The van der Waals surface area contributed by atoms with Gasteiger partial charge < -0.3 is 4.90 Å². The number of carbonyl (C=O) groups is 1. The average molecular weight is 294 g/mol. The maximum atomic E-state index is 12.1. The number of rotatable bonds is 0. The van der Waals surface area contributed by atoms with Crippen molar-refractivity contribution in [1.29, 1.82) is 0 Å². The molecule has 1 aromatic rings. The summed E-state index contributed by atoms with van der Waals surface area (Å²) in [7, 11) is 3.70. The number of amides is 1. The van der Waals surface area contributed by atoms with Crippen LogP contribution in [0.1, 0.15) is 0 Å². The largest absolute Gasteiger partial charge is 0.337 e. The first-order valence-electron chi connectivity index (χ1n) is 5.34. The summed E-state index contributed by atoms with van der Waals surface area (Å²) >= 11 is 8.17. The lowest BCUT2D eigenvalue weighted by molar-refractivity contribution is -0.121. The Morgan fingerprint density at radius 3 is 2.44 bits per heavy atom. The number of carbonyl (C=O) groups excluding carboxylic acids is 1. The summed E-state index contributed by atoms with van der Waals surface area (Å²) in [5, 5.41) is 0.970. The predicted molar refractivity (Wildman–Crippen MR) is 80.7 cm³/mol. The monoisotopic (exact) mass is 294 g/mol. The van der Waals surface area contributed by atoms with Crippen molar-refractivity contribution in [2.24, 2.45) is 0 Å². The average Bonchev–Trinajstić information content (AvgIpc) is 2.83. The van der Waals surface area contributed by atoms with E-state index in [4.69, 9.17) is 12.2 Å². The minimum absolute atomic E-state index is 0.00726. The second kappa shape index (κ2) is 4.29. The Morgan fingerprint density at radius 2 is 1.83 bits per heavy atom. The van der Waals surface area contributed by atoms with E-state index in [0.29, 0.717) is 4.32 Å². The van der Waals surface area contributed by atoms with E-state index in [-0.39, 0.29) is 5.91 Å². The van der Waals surface area contributed by atoms with E-state index in [9.17, 15) is 4.79 Å². The molecule has 3 rings (SSSR count). The number of para-hydroxylation sites is 1. The normalized spacial score (nSPS) is 23.0. The van der Waals surface area contributed by atoms with E-state index in [1.165, 1.54) is 21.6 Å². The van der Waals surface area contributed by atoms with Crippen molar-refractivity contribution in [3.63, 3.8) is 0 Å². The number of hydrogen-bond donors (Lipinski definition) is 0. The number of thiocarbonyl (C=S) groups is 1. The summed E-state index contributed by atoms with van der Waals surface area (Å²) in [6.45, 7) is 0.